The molecule has 2 unspecified atom stereocenters. The molecule has 0 aliphatic rings. The number of hydrogen-bond acceptors (Lipinski definition) is 4. The van der Waals surface area contributed by atoms with Crippen molar-refractivity contribution < 1.29 is 19.1 Å². The number of hydrogen-bond donors (Lipinski definition) is 2. The Bertz CT molecular complexity index is 557. The minimum Gasteiger partial charge on any atom is -0.467 e. The highest BCUT2D eigenvalue weighted by Crippen LogP contribution is 2.08. The van der Waals surface area contributed by atoms with Crippen LogP contribution in [-0.4, -0.2) is 37.0 Å². The van der Waals surface area contributed by atoms with Crippen LogP contribution in [0.25, 0.3) is 0 Å². The molecule has 0 saturated heterocycles. The Morgan fingerprint density at radius 3 is 2.17 bits per heavy atom. The summed E-state index contributed by atoms with van der Waals surface area (Å²) in [7, 11) is 1.29. The number of benzene rings is 1. The number of carbonyl (C=O) groups excluding carboxylic acids is 3. The Kier molecular flexibility index (Phi) is 7.95. The average Bonchev–Trinajstić information content (AvgIpc) is 2.53. The fourth-order valence-corrected chi connectivity index (χ4v) is 2.40. The van der Waals surface area contributed by atoms with E-state index >= 15 is 0 Å². The molecule has 0 fully saturated rings. The first-order valence-electron chi connectivity index (χ1n) is 8.02. The molecule has 6 nitrogen and oxygen atoms in total. The van der Waals surface area contributed by atoms with Crippen LogP contribution in [0.2, 0.25) is 0 Å². The second kappa shape index (κ2) is 9.70. The van der Waals surface area contributed by atoms with Crippen molar-refractivity contribution in [3.05, 3.63) is 35.9 Å². The van der Waals surface area contributed by atoms with Gasteiger partial charge < -0.3 is 15.4 Å². The summed E-state index contributed by atoms with van der Waals surface area (Å²) in [5.74, 6) is -0.976. The molecule has 0 heterocycles. The third-order valence-corrected chi connectivity index (χ3v) is 3.49. The van der Waals surface area contributed by atoms with Gasteiger partial charge in [-0.15, -0.1) is 0 Å². The molecule has 2 N–H and O–H groups in total. The predicted octanol–water partition coefficient (Wildman–Crippen LogP) is 1.44. The Morgan fingerprint density at radius 2 is 1.67 bits per heavy atom. The zero-order valence-electron chi connectivity index (χ0n) is 14.7. The van der Waals surface area contributed by atoms with Crippen LogP contribution in [-0.2, 0) is 25.5 Å². The highest BCUT2D eigenvalue weighted by Gasteiger charge is 2.27. The third kappa shape index (κ3) is 6.81. The van der Waals surface area contributed by atoms with Gasteiger partial charge in [0.25, 0.3) is 0 Å². The lowest BCUT2D eigenvalue weighted by Gasteiger charge is -2.23. The Morgan fingerprint density at radius 1 is 1.04 bits per heavy atom. The molecule has 2 atom stereocenters. The third-order valence-electron chi connectivity index (χ3n) is 3.49. The van der Waals surface area contributed by atoms with Crippen molar-refractivity contribution in [2.75, 3.05) is 7.11 Å². The summed E-state index contributed by atoms with van der Waals surface area (Å²) in [5, 5.41) is 5.34. The quantitative estimate of drug-likeness (QED) is 0.705. The molecular formula is C18H26N2O4. The van der Waals surface area contributed by atoms with Gasteiger partial charge >= 0.3 is 5.97 Å². The normalized spacial score (nSPS) is 13.0. The number of esters is 1. The Labute approximate surface area is 143 Å². The van der Waals surface area contributed by atoms with Gasteiger partial charge in [0.15, 0.2) is 0 Å². The molecule has 6 heteroatoms. The molecule has 0 radical (unpaired) electrons. The van der Waals surface area contributed by atoms with Crippen LogP contribution in [0.5, 0.6) is 0 Å². The number of ether oxygens (including phenoxy) is 1. The van der Waals surface area contributed by atoms with Crippen LogP contribution in [0.1, 0.15) is 32.8 Å². The number of methoxy groups -OCH3 is 1. The topological polar surface area (TPSA) is 84.5 Å². The number of carbonyl (C=O) groups is 3. The van der Waals surface area contributed by atoms with Crippen molar-refractivity contribution >= 4 is 17.8 Å². The first-order valence-corrected chi connectivity index (χ1v) is 8.02. The molecule has 24 heavy (non-hydrogen) atoms. The van der Waals surface area contributed by atoms with E-state index in [4.69, 9.17) is 4.74 Å². The van der Waals surface area contributed by atoms with Crippen molar-refractivity contribution in [1.82, 2.24) is 10.6 Å². The van der Waals surface area contributed by atoms with Gasteiger partial charge in [-0.3, -0.25) is 9.59 Å². The molecule has 0 aliphatic carbocycles. The average molecular weight is 334 g/mol. The SMILES string of the molecule is COC(=O)C(CC(C)C)NC(=O)C(Cc1ccccc1)NC(C)=O. The summed E-state index contributed by atoms with van der Waals surface area (Å²) in [4.78, 5) is 35.8. The second-order valence-electron chi connectivity index (χ2n) is 6.16. The minimum atomic E-state index is -0.746. The summed E-state index contributed by atoms with van der Waals surface area (Å²) in [6.07, 6.45) is 0.818. The molecule has 0 aromatic heterocycles. The van der Waals surface area contributed by atoms with Gasteiger partial charge in [0.05, 0.1) is 7.11 Å². The van der Waals surface area contributed by atoms with Crippen LogP contribution in [0.3, 0.4) is 0 Å². The second-order valence-corrected chi connectivity index (χ2v) is 6.16. The summed E-state index contributed by atoms with van der Waals surface area (Å²) in [5.41, 5.74) is 0.921. The first kappa shape index (κ1) is 19.7. The van der Waals surface area contributed by atoms with Crippen LogP contribution in [0.4, 0.5) is 0 Å². The van der Waals surface area contributed by atoms with E-state index in [0.717, 1.165) is 5.56 Å². The standard InChI is InChI=1S/C18H26N2O4/c1-12(2)10-16(18(23)24-4)20-17(22)15(19-13(3)21)11-14-8-6-5-7-9-14/h5-9,12,15-16H,10-11H2,1-4H3,(H,19,21)(H,20,22). The number of rotatable bonds is 8. The van der Waals surface area contributed by atoms with E-state index < -0.39 is 24.0 Å². The number of amides is 2. The highest BCUT2D eigenvalue weighted by molar-refractivity contribution is 5.90. The van der Waals surface area contributed by atoms with Crippen LogP contribution in [0.15, 0.2) is 30.3 Å². The molecule has 0 spiro atoms. The lowest BCUT2D eigenvalue weighted by atomic mass is 10.0. The van der Waals surface area contributed by atoms with Crippen molar-refractivity contribution in [3.8, 4) is 0 Å². The van der Waals surface area contributed by atoms with Gasteiger partial charge in [-0.05, 0) is 17.9 Å². The van der Waals surface area contributed by atoms with Gasteiger partial charge in [0.1, 0.15) is 12.1 Å². The minimum absolute atomic E-state index is 0.211. The Balaban J connectivity index is 2.85. The fourth-order valence-electron chi connectivity index (χ4n) is 2.40. The van der Waals surface area contributed by atoms with E-state index in [-0.39, 0.29) is 11.8 Å². The van der Waals surface area contributed by atoms with Gasteiger partial charge in [0, 0.05) is 13.3 Å². The van der Waals surface area contributed by atoms with E-state index in [1.54, 1.807) is 0 Å². The van der Waals surface area contributed by atoms with E-state index in [1.807, 2.05) is 44.2 Å². The Hall–Kier alpha value is -2.37. The number of nitrogens with one attached hydrogen (secondary N) is 2. The lowest BCUT2D eigenvalue weighted by molar-refractivity contribution is -0.145. The molecular weight excluding hydrogens is 308 g/mol. The van der Waals surface area contributed by atoms with Crippen molar-refractivity contribution in [2.24, 2.45) is 5.92 Å². The van der Waals surface area contributed by atoms with E-state index in [9.17, 15) is 14.4 Å². The summed E-state index contributed by atoms with van der Waals surface area (Å²) < 4.78 is 4.75. The highest BCUT2D eigenvalue weighted by atomic mass is 16.5. The summed E-state index contributed by atoms with van der Waals surface area (Å²) in [6.45, 7) is 5.27. The van der Waals surface area contributed by atoms with Crippen molar-refractivity contribution in [3.63, 3.8) is 0 Å². The zero-order chi connectivity index (χ0) is 18.1. The summed E-state index contributed by atoms with van der Waals surface area (Å²) >= 11 is 0. The molecule has 0 bridgehead atoms. The van der Waals surface area contributed by atoms with Crippen LogP contribution in [0, 0.1) is 5.92 Å². The lowest BCUT2D eigenvalue weighted by Crippen LogP contribution is -2.52. The van der Waals surface area contributed by atoms with Crippen LogP contribution < -0.4 is 10.6 Å². The van der Waals surface area contributed by atoms with Crippen molar-refractivity contribution in [1.29, 1.82) is 0 Å². The smallest absolute Gasteiger partial charge is 0.328 e. The van der Waals surface area contributed by atoms with Gasteiger partial charge in [-0.25, -0.2) is 4.79 Å². The predicted molar refractivity (Wildman–Crippen MR) is 91.2 cm³/mol. The maximum atomic E-state index is 12.6. The molecule has 1 aromatic rings. The fraction of sp³-hybridized carbons (Fsp3) is 0.500. The molecule has 0 saturated carbocycles. The monoisotopic (exact) mass is 334 g/mol. The van der Waals surface area contributed by atoms with Gasteiger partial charge in [-0.1, -0.05) is 44.2 Å². The molecule has 0 aliphatic heterocycles. The van der Waals surface area contributed by atoms with Crippen LogP contribution >= 0.6 is 0 Å². The summed E-state index contributed by atoms with van der Waals surface area (Å²) in [6, 6.07) is 7.91. The van der Waals surface area contributed by atoms with E-state index in [2.05, 4.69) is 10.6 Å². The molecule has 1 aromatic carbocycles. The first-order chi connectivity index (χ1) is 11.3. The zero-order valence-corrected chi connectivity index (χ0v) is 14.7. The molecule has 132 valence electrons. The maximum Gasteiger partial charge on any atom is 0.328 e. The van der Waals surface area contributed by atoms with E-state index in [0.29, 0.717) is 12.8 Å². The maximum absolute atomic E-state index is 12.6. The van der Waals surface area contributed by atoms with E-state index in [1.165, 1.54) is 14.0 Å². The van der Waals surface area contributed by atoms with Gasteiger partial charge in [-0.2, -0.15) is 0 Å². The van der Waals surface area contributed by atoms with Crippen molar-refractivity contribution in [2.45, 2.75) is 45.7 Å². The largest absolute Gasteiger partial charge is 0.467 e. The molecule has 2 amide bonds. The van der Waals surface area contributed by atoms with Gasteiger partial charge in [0.2, 0.25) is 11.8 Å². The molecule has 1 rings (SSSR count).